The highest BCUT2D eigenvalue weighted by atomic mass is 32.2. The summed E-state index contributed by atoms with van der Waals surface area (Å²) >= 11 is 0. The molecule has 3 atom stereocenters. The lowest BCUT2D eigenvalue weighted by molar-refractivity contribution is 0.222. The van der Waals surface area contributed by atoms with Crippen molar-refractivity contribution in [3.05, 3.63) is 59.7 Å². The van der Waals surface area contributed by atoms with Crippen LogP contribution >= 0.6 is 0 Å². The number of fused-ring (bicyclic) bond motifs is 3. The lowest BCUT2D eigenvalue weighted by Crippen LogP contribution is -2.47. The third kappa shape index (κ3) is 3.46. The first-order valence-corrected chi connectivity index (χ1v) is 12.5. The number of hydrogen-bond donors (Lipinski definition) is 2. The normalized spacial score (nSPS) is 25.8. The zero-order chi connectivity index (χ0) is 22.5. The summed E-state index contributed by atoms with van der Waals surface area (Å²) in [5, 5.41) is 14.3. The van der Waals surface area contributed by atoms with E-state index in [0.717, 1.165) is 36.3 Å². The van der Waals surface area contributed by atoms with E-state index in [2.05, 4.69) is 22.4 Å². The summed E-state index contributed by atoms with van der Waals surface area (Å²) in [4.78, 5) is 2.49. The van der Waals surface area contributed by atoms with Gasteiger partial charge in [0.15, 0.2) is 11.5 Å². The number of methoxy groups -OCH3 is 1. The van der Waals surface area contributed by atoms with Gasteiger partial charge in [0.25, 0.3) is 0 Å². The molecule has 0 spiro atoms. The van der Waals surface area contributed by atoms with Gasteiger partial charge in [-0.15, -0.1) is 0 Å². The van der Waals surface area contributed by atoms with Crippen molar-refractivity contribution in [3.8, 4) is 11.5 Å². The van der Waals surface area contributed by atoms with Crippen molar-refractivity contribution in [1.29, 1.82) is 0 Å². The Balaban J connectivity index is 1.50. The summed E-state index contributed by atoms with van der Waals surface area (Å²) < 4.78 is 33.5. The van der Waals surface area contributed by atoms with Gasteiger partial charge in [0.1, 0.15) is 0 Å². The van der Waals surface area contributed by atoms with E-state index in [1.165, 1.54) is 0 Å². The molecule has 7 nitrogen and oxygen atoms in total. The third-order valence-electron chi connectivity index (χ3n) is 7.02. The summed E-state index contributed by atoms with van der Waals surface area (Å²) in [6.45, 7) is 2.50. The van der Waals surface area contributed by atoms with Crippen LogP contribution in [-0.4, -0.2) is 63.1 Å². The molecule has 0 bridgehead atoms. The number of ether oxygens (including phenoxy) is 1. The molecule has 1 saturated heterocycles. The number of phenolic OH excluding ortho intramolecular Hbond substituents is 1. The molecule has 8 heteroatoms. The number of sulfonamides is 1. The third-order valence-corrected chi connectivity index (χ3v) is 8.91. The fourth-order valence-corrected chi connectivity index (χ4v) is 6.63. The smallest absolute Gasteiger partial charge is 0.243 e. The Bertz CT molecular complexity index is 1160. The van der Waals surface area contributed by atoms with Gasteiger partial charge in [0.2, 0.25) is 10.0 Å². The molecule has 0 amide bonds. The van der Waals surface area contributed by atoms with E-state index in [-0.39, 0.29) is 23.6 Å². The number of aromatic hydroxyl groups is 1. The number of para-hydroxylation sites is 1. The maximum Gasteiger partial charge on any atom is 0.243 e. The van der Waals surface area contributed by atoms with E-state index >= 15 is 0 Å². The highest BCUT2D eigenvalue weighted by Crippen LogP contribution is 2.52. The van der Waals surface area contributed by atoms with Gasteiger partial charge < -0.3 is 20.1 Å². The number of allylic oxidation sites excluding steroid dienone is 2. The van der Waals surface area contributed by atoms with E-state index in [9.17, 15) is 13.5 Å². The molecule has 170 valence electrons. The Morgan fingerprint density at radius 2 is 1.88 bits per heavy atom. The SMILES string of the molecule is COc1cccc(C2Nc3ccc(S(=O)(=O)N4CCN(C)CC4)cc3C3C=CCC32)c1O. The Labute approximate surface area is 189 Å². The number of nitrogens with zero attached hydrogens (tertiary/aromatic N) is 2. The van der Waals surface area contributed by atoms with Crippen LogP contribution in [0.1, 0.15) is 29.5 Å². The van der Waals surface area contributed by atoms with Crippen molar-refractivity contribution in [2.75, 3.05) is 45.7 Å². The fourth-order valence-electron chi connectivity index (χ4n) is 5.17. The molecule has 3 aliphatic rings. The topological polar surface area (TPSA) is 82.1 Å². The lowest BCUT2D eigenvalue weighted by atomic mass is 9.77. The maximum atomic E-state index is 13.3. The summed E-state index contributed by atoms with van der Waals surface area (Å²) in [7, 11) is 0.0271. The minimum absolute atomic E-state index is 0.0875. The van der Waals surface area contributed by atoms with Gasteiger partial charge in [0.05, 0.1) is 18.0 Å². The van der Waals surface area contributed by atoms with Crippen LogP contribution in [0.4, 0.5) is 5.69 Å². The van der Waals surface area contributed by atoms with Crippen LogP contribution in [0, 0.1) is 5.92 Å². The second-order valence-electron chi connectivity index (χ2n) is 8.83. The fraction of sp³-hybridized carbons (Fsp3) is 0.417. The van der Waals surface area contributed by atoms with Crippen LogP contribution in [0.2, 0.25) is 0 Å². The van der Waals surface area contributed by atoms with Crippen molar-refractivity contribution >= 4 is 15.7 Å². The summed E-state index contributed by atoms with van der Waals surface area (Å²) in [5.41, 5.74) is 2.70. The van der Waals surface area contributed by atoms with Crippen molar-refractivity contribution in [2.45, 2.75) is 23.3 Å². The van der Waals surface area contributed by atoms with Crippen LogP contribution in [0.15, 0.2) is 53.4 Å². The highest BCUT2D eigenvalue weighted by Gasteiger charge is 2.40. The average molecular weight is 456 g/mol. The first-order valence-electron chi connectivity index (χ1n) is 11.0. The number of nitrogens with one attached hydrogen (secondary N) is 1. The van der Waals surface area contributed by atoms with E-state index in [1.54, 1.807) is 23.5 Å². The van der Waals surface area contributed by atoms with Gasteiger partial charge in [-0.05, 0) is 49.2 Å². The zero-order valence-electron chi connectivity index (χ0n) is 18.4. The van der Waals surface area contributed by atoms with Crippen molar-refractivity contribution < 1.29 is 18.3 Å². The van der Waals surface area contributed by atoms with Crippen LogP contribution in [0.5, 0.6) is 11.5 Å². The van der Waals surface area contributed by atoms with E-state index in [1.807, 2.05) is 31.3 Å². The quantitative estimate of drug-likeness (QED) is 0.690. The first-order chi connectivity index (χ1) is 15.4. The molecule has 32 heavy (non-hydrogen) atoms. The van der Waals surface area contributed by atoms with E-state index in [0.29, 0.717) is 23.7 Å². The second-order valence-corrected chi connectivity index (χ2v) is 10.8. The van der Waals surface area contributed by atoms with Gasteiger partial charge in [-0.25, -0.2) is 8.42 Å². The van der Waals surface area contributed by atoms with Crippen LogP contribution < -0.4 is 10.1 Å². The minimum Gasteiger partial charge on any atom is -0.504 e. The Hall–Kier alpha value is -2.55. The number of benzene rings is 2. The Kier molecular flexibility index (Phi) is 5.39. The van der Waals surface area contributed by atoms with Gasteiger partial charge in [-0.3, -0.25) is 0 Å². The second kappa shape index (κ2) is 8.10. The summed E-state index contributed by atoms with van der Waals surface area (Å²) in [6.07, 6.45) is 5.17. The summed E-state index contributed by atoms with van der Waals surface area (Å²) in [5.74, 6) is 0.869. The molecule has 1 aliphatic carbocycles. The van der Waals surface area contributed by atoms with Crippen molar-refractivity contribution in [3.63, 3.8) is 0 Å². The molecule has 5 rings (SSSR count). The summed E-state index contributed by atoms with van der Waals surface area (Å²) in [6, 6.07) is 10.8. The Morgan fingerprint density at radius 1 is 1.09 bits per heavy atom. The molecule has 2 N–H and O–H groups in total. The molecule has 2 aromatic rings. The number of piperazine rings is 1. The van der Waals surface area contributed by atoms with Gasteiger partial charge in [-0.1, -0.05) is 24.3 Å². The van der Waals surface area contributed by atoms with Crippen molar-refractivity contribution in [2.24, 2.45) is 5.92 Å². The molecule has 1 fully saturated rings. The highest BCUT2D eigenvalue weighted by molar-refractivity contribution is 7.89. The molecule has 0 saturated carbocycles. The van der Waals surface area contributed by atoms with Crippen molar-refractivity contribution in [1.82, 2.24) is 9.21 Å². The van der Waals surface area contributed by atoms with Crippen LogP contribution in [0.3, 0.4) is 0 Å². The molecule has 0 radical (unpaired) electrons. The molecule has 0 aromatic heterocycles. The molecular weight excluding hydrogens is 426 g/mol. The first kappa shape index (κ1) is 21.3. The van der Waals surface area contributed by atoms with Gasteiger partial charge in [0, 0.05) is 43.3 Å². The van der Waals surface area contributed by atoms with Crippen LogP contribution in [0.25, 0.3) is 0 Å². The van der Waals surface area contributed by atoms with Crippen LogP contribution in [-0.2, 0) is 10.0 Å². The largest absolute Gasteiger partial charge is 0.504 e. The Morgan fingerprint density at radius 3 is 2.62 bits per heavy atom. The van der Waals surface area contributed by atoms with Gasteiger partial charge >= 0.3 is 0 Å². The minimum atomic E-state index is -3.53. The molecule has 3 unspecified atom stereocenters. The average Bonchev–Trinajstić information content (AvgIpc) is 3.29. The number of hydrogen-bond acceptors (Lipinski definition) is 6. The van der Waals surface area contributed by atoms with Gasteiger partial charge in [-0.2, -0.15) is 4.31 Å². The predicted octanol–water partition coefficient (Wildman–Crippen LogP) is 3.16. The predicted molar refractivity (Wildman–Crippen MR) is 124 cm³/mol. The molecule has 2 heterocycles. The standard InChI is InChI=1S/C24H29N3O4S/c1-26-11-13-27(14-12-26)32(29,30)16-9-10-21-20(15-16)17-5-3-6-18(17)23(25-21)19-7-4-8-22(31-2)24(19)28/h3-5,7-10,15,17-18,23,25,28H,6,11-14H2,1-2H3. The maximum absolute atomic E-state index is 13.3. The molecular formula is C24H29N3O4S. The number of phenols is 1. The number of rotatable bonds is 4. The van der Waals surface area contributed by atoms with E-state index in [4.69, 9.17) is 4.74 Å². The van der Waals surface area contributed by atoms with E-state index < -0.39 is 10.0 Å². The zero-order valence-corrected chi connectivity index (χ0v) is 19.2. The lowest BCUT2D eigenvalue weighted by Gasteiger charge is -2.38. The number of anilines is 1. The number of likely N-dealkylation sites (N-methyl/N-ethyl adjacent to an activating group) is 1. The molecule has 2 aliphatic heterocycles. The molecule has 2 aromatic carbocycles. The monoisotopic (exact) mass is 455 g/mol.